The molecular formula is C21H16ClN5O3S2. The van der Waals surface area contributed by atoms with Crippen molar-refractivity contribution in [2.45, 2.75) is 17.3 Å². The Morgan fingerprint density at radius 3 is 2.91 bits per heavy atom. The number of ether oxygens (including phenoxy) is 1. The number of rotatable bonds is 6. The number of hydrogen-bond donors (Lipinski definition) is 2. The van der Waals surface area contributed by atoms with Gasteiger partial charge < -0.3 is 14.1 Å². The number of methoxy groups -OCH3 is 1. The molecule has 11 heteroatoms. The van der Waals surface area contributed by atoms with E-state index in [4.69, 9.17) is 20.8 Å². The molecule has 0 aliphatic rings. The molecule has 0 amide bonds. The molecule has 1 aromatic carbocycles. The van der Waals surface area contributed by atoms with Gasteiger partial charge in [-0.05, 0) is 37.3 Å². The number of benzene rings is 1. The molecule has 0 fully saturated rings. The first-order valence-corrected chi connectivity index (χ1v) is 11.7. The van der Waals surface area contributed by atoms with E-state index in [2.05, 4.69) is 25.1 Å². The van der Waals surface area contributed by atoms with E-state index >= 15 is 0 Å². The van der Waals surface area contributed by atoms with Crippen LogP contribution in [0.3, 0.4) is 0 Å². The minimum absolute atomic E-state index is 0.189. The number of H-pyrrole nitrogens is 2. The molecule has 32 heavy (non-hydrogen) atoms. The maximum absolute atomic E-state index is 12.8. The van der Waals surface area contributed by atoms with Crippen LogP contribution in [-0.2, 0) is 0 Å². The first-order valence-electron chi connectivity index (χ1n) is 9.51. The summed E-state index contributed by atoms with van der Waals surface area (Å²) in [5.74, 6) is 2.37. The summed E-state index contributed by atoms with van der Waals surface area (Å²) in [5, 5.41) is 10.5. The maximum atomic E-state index is 12.8. The molecule has 0 aliphatic heterocycles. The van der Waals surface area contributed by atoms with E-state index in [1.807, 2.05) is 18.4 Å². The van der Waals surface area contributed by atoms with Crippen LogP contribution in [0.5, 0.6) is 5.75 Å². The molecule has 0 radical (unpaired) electrons. The van der Waals surface area contributed by atoms with Crippen LogP contribution >= 0.6 is 34.7 Å². The second kappa shape index (κ2) is 8.45. The van der Waals surface area contributed by atoms with Gasteiger partial charge in [0.1, 0.15) is 22.2 Å². The van der Waals surface area contributed by atoms with E-state index in [1.54, 1.807) is 37.6 Å². The Bertz CT molecular complexity index is 1460. The number of thiophene rings is 1. The first kappa shape index (κ1) is 20.8. The molecule has 8 nitrogen and oxygen atoms in total. The monoisotopic (exact) mass is 485 g/mol. The summed E-state index contributed by atoms with van der Waals surface area (Å²) in [6.07, 6.45) is 1.58. The number of hydrogen-bond acceptors (Lipinski definition) is 8. The number of aromatic nitrogens is 5. The number of fused-ring (bicyclic) bond motifs is 1. The molecule has 1 unspecified atom stereocenters. The van der Waals surface area contributed by atoms with Crippen LogP contribution in [0.4, 0.5) is 0 Å². The van der Waals surface area contributed by atoms with Crippen molar-refractivity contribution in [3.63, 3.8) is 0 Å². The SMILES string of the molecule is COc1ccc(Cl)cc1-c1nc(SC(C)c2nc3scc(-c4ccco4)c3c(=O)[nH]2)n[nH]1. The van der Waals surface area contributed by atoms with Gasteiger partial charge in [0.05, 0.1) is 29.6 Å². The Balaban J connectivity index is 1.42. The largest absolute Gasteiger partial charge is 0.496 e. The molecule has 0 spiro atoms. The van der Waals surface area contributed by atoms with Gasteiger partial charge in [0.2, 0.25) is 5.16 Å². The van der Waals surface area contributed by atoms with E-state index < -0.39 is 0 Å². The smallest absolute Gasteiger partial charge is 0.260 e. The van der Waals surface area contributed by atoms with Gasteiger partial charge in [-0.3, -0.25) is 9.89 Å². The Labute approximate surface area is 195 Å². The third-order valence-electron chi connectivity index (χ3n) is 4.80. The fourth-order valence-corrected chi connectivity index (χ4v) is 5.16. The van der Waals surface area contributed by atoms with E-state index in [-0.39, 0.29) is 10.8 Å². The summed E-state index contributed by atoms with van der Waals surface area (Å²) in [7, 11) is 1.58. The number of nitrogens with zero attached hydrogens (tertiary/aromatic N) is 3. The molecule has 4 aromatic heterocycles. The molecule has 2 N–H and O–H groups in total. The molecule has 0 aliphatic carbocycles. The summed E-state index contributed by atoms with van der Waals surface area (Å²) in [6, 6.07) is 8.90. The average Bonchev–Trinajstić information content (AvgIpc) is 3.54. The Hall–Kier alpha value is -3.08. The lowest BCUT2D eigenvalue weighted by Gasteiger charge is -2.08. The van der Waals surface area contributed by atoms with Crippen LogP contribution in [0.15, 0.2) is 56.3 Å². The van der Waals surface area contributed by atoms with Gasteiger partial charge in [-0.15, -0.1) is 16.4 Å². The van der Waals surface area contributed by atoms with E-state index in [1.165, 1.54) is 23.1 Å². The minimum Gasteiger partial charge on any atom is -0.496 e. The summed E-state index contributed by atoms with van der Waals surface area (Å²) in [5.41, 5.74) is 1.25. The Kier molecular flexibility index (Phi) is 5.50. The second-order valence-electron chi connectivity index (χ2n) is 6.83. The number of thioether (sulfide) groups is 1. The number of halogens is 1. The predicted molar refractivity (Wildman–Crippen MR) is 126 cm³/mol. The summed E-state index contributed by atoms with van der Waals surface area (Å²) >= 11 is 8.91. The number of nitrogens with one attached hydrogen (secondary N) is 2. The van der Waals surface area contributed by atoms with Crippen molar-refractivity contribution >= 4 is 44.9 Å². The van der Waals surface area contributed by atoms with Gasteiger partial charge in [-0.25, -0.2) is 9.97 Å². The second-order valence-corrected chi connectivity index (χ2v) is 9.43. The van der Waals surface area contributed by atoms with Crippen LogP contribution in [0.2, 0.25) is 5.02 Å². The van der Waals surface area contributed by atoms with Crippen molar-refractivity contribution in [3.8, 4) is 28.5 Å². The molecule has 0 saturated heterocycles. The highest BCUT2D eigenvalue weighted by molar-refractivity contribution is 7.99. The first-order chi connectivity index (χ1) is 15.5. The van der Waals surface area contributed by atoms with E-state index in [9.17, 15) is 4.79 Å². The van der Waals surface area contributed by atoms with Crippen molar-refractivity contribution in [3.05, 3.63) is 63.2 Å². The van der Waals surface area contributed by atoms with Gasteiger partial charge >= 0.3 is 0 Å². The zero-order chi connectivity index (χ0) is 22.2. The van der Waals surface area contributed by atoms with Crippen LogP contribution in [0.25, 0.3) is 32.9 Å². The fraction of sp³-hybridized carbons (Fsp3) is 0.143. The molecule has 5 rings (SSSR count). The lowest BCUT2D eigenvalue weighted by molar-refractivity contribution is 0.416. The third-order valence-corrected chi connectivity index (χ3v) is 6.88. The van der Waals surface area contributed by atoms with Gasteiger partial charge in [0.25, 0.3) is 5.56 Å². The molecule has 5 aromatic rings. The molecule has 162 valence electrons. The van der Waals surface area contributed by atoms with Crippen molar-refractivity contribution in [1.82, 2.24) is 25.1 Å². The lowest BCUT2D eigenvalue weighted by atomic mass is 10.2. The summed E-state index contributed by atoms with van der Waals surface area (Å²) in [6.45, 7) is 1.94. The van der Waals surface area contributed by atoms with Gasteiger partial charge in [0.15, 0.2) is 5.82 Å². The maximum Gasteiger partial charge on any atom is 0.260 e. The van der Waals surface area contributed by atoms with Crippen LogP contribution < -0.4 is 10.3 Å². The van der Waals surface area contributed by atoms with Crippen molar-refractivity contribution in [2.75, 3.05) is 7.11 Å². The molecule has 0 bridgehead atoms. The predicted octanol–water partition coefficient (Wildman–Crippen LogP) is 5.55. The highest BCUT2D eigenvalue weighted by Crippen LogP contribution is 2.36. The topological polar surface area (TPSA) is 110 Å². The standard InChI is InChI=1S/C21H16ClN5O3S2/c1-10(32-21-25-18(26-27-21)12-8-11(22)5-6-14(12)29-2)17-23-19(28)16-13(9-31-20(16)24-17)15-4-3-7-30-15/h3-10H,1-2H3,(H,23,24,28)(H,25,26,27). The number of furan rings is 1. The molecular weight excluding hydrogens is 470 g/mol. The average molecular weight is 486 g/mol. The molecule has 1 atom stereocenters. The Morgan fingerprint density at radius 2 is 2.12 bits per heavy atom. The zero-order valence-electron chi connectivity index (χ0n) is 16.9. The lowest BCUT2D eigenvalue weighted by Crippen LogP contribution is -2.12. The minimum atomic E-state index is -0.204. The van der Waals surface area contributed by atoms with Gasteiger partial charge in [-0.1, -0.05) is 23.4 Å². The summed E-state index contributed by atoms with van der Waals surface area (Å²) < 4.78 is 10.8. The van der Waals surface area contributed by atoms with Gasteiger partial charge in [0, 0.05) is 16.0 Å². The fourth-order valence-electron chi connectivity index (χ4n) is 3.27. The van der Waals surface area contributed by atoms with Crippen LogP contribution in [-0.4, -0.2) is 32.3 Å². The molecule has 0 saturated carbocycles. The summed E-state index contributed by atoms with van der Waals surface area (Å²) in [4.78, 5) is 25.6. The van der Waals surface area contributed by atoms with E-state index in [0.29, 0.717) is 49.1 Å². The van der Waals surface area contributed by atoms with Gasteiger partial charge in [-0.2, -0.15) is 0 Å². The zero-order valence-corrected chi connectivity index (χ0v) is 19.3. The van der Waals surface area contributed by atoms with Crippen LogP contribution in [0, 0.1) is 0 Å². The normalized spacial score (nSPS) is 12.3. The van der Waals surface area contributed by atoms with Crippen LogP contribution in [0.1, 0.15) is 18.0 Å². The number of aromatic amines is 2. The third kappa shape index (κ3) is 3.81. The van der Waals surface area contributed by atoms with Crippen molar-refractivity contribution in [1.29, 1.82) is 0 Å². The Morgan fingerprint density at radius 1 is 1.25 bits per heavy atom. The van der Waals surface area contributed by atoms with E-state index in [0.717, 1.165) is 5.56 Å². The van der Waals surface area contributed by atoms with Crippen molar-refractivity contribution in [2.24, 2.45) is 0 Å². The highest BCUT2D eigenvalue weighted by Gasteiger charge is 2.20. The van der Waals surface area contributed by atoms with Crippen molar-refractivity contribution < 1.29 is 9.15 Å². The quantitative estimate of drug-likeness (QED) is 0.303. The highest BCUT2D eigenvalue weighted by atomic mass is 35.5. The molecule has 4 heterocycles.